The first-order valence-corrected chi connectivity index (χ1v) is 7.96. The molecule has 1 saturated carbocycles. The Morgan fingerprint density at radius 3 is 2.53 bits per heavy atom. The van der Waals surface area contributed by atoms with Crippen LogP contribution in [0, 0.1) is 11.8 Å². The van der Waals surface area contributed by atoms with Gasteiger partial charge in [-0.15, -0.1) is 0 Å². The van der Waals surface area contributed by atoms with Crippen LogP contribution in [0.15, 0.2) is 0 Å². The van der Waals surface area contributed by atoms with Gasteiger partial charge in [0.1, 0.15) is 5.78 Å². The quantitative estimate of drug-likeness (QED) is 0.676. The molecule has 0 aromatic rings. The Morgan fingerprint density at radius 1 is 1.21 bits per heavy atom. The summed E-state index contributed by atoms with van der Waals surface area (Å²) in [5, 5.41) is 0. The molecule has 0 N–H and O–H groups in total. The highest BCUT2D eigenvalue weighted by Gasteiger charge is 2.28. The lowest BCUT2D eigenvalue weighted by Gasteiger charge is -2.31. The summed E-state index contributed by atoms with van der Waals surface area (Å²) < 4.78 is 0. The predicted octanol–water partition coefficient (Wildman–Crippen LogP) is 2.66. The van der Waals surface area contributed by atoms with Gasteiger partial charge in [0.05, 0.1) is 0 Å². The van der Waals surface area contributed by atoms with E-state index in [1.807, 2.05) is 0 Å². The highest BCUT2D eigenvalue weighted by atomic mass is 16.1. The standard InChI is InChI=1S/C16H32N2O/c1-5-14-8-9-16(19)15(12-14)13-18(6-2)11-7-10-17(3)4/h14-15H,5-13H2,1-4H3. The number of Topliss-reactive ketones (excluding diaryl/α,β-unsaturated/α-hetero) is 1. The first-order chi connectivity index (χ1) is 9.06. The number of rotatable bonds is 8. The minimum absolute atomic E-state index is 0.304. The van der Waals surface area contributed by atoms with E-state index in [4.69, 9.17) is 0 Å². The van der Waals surface area contributed by atoms with E-state index in [1.165, 1.54) is 12.8 Å². The summed E-state index contributed by atoms with van der Waals surface area (Å²) in [6.45, 7) is 8.77. The fraction of sp³-hybridized carbons (Fsp3) is 0.938. The summed E-state index contributed by atoms with van der Waals surface area (Å²) in [7, 11) is 4.24. The lowest BCUT2D eigenvalue weighted by Crippen LogP contribution is -2.37. The molecular weight excluding hydrogens is 236 g/mol. The molecule has 1 fully saturated rings. The van der Waals surface area contributed by atoms with Crippen molar-refractivity contribution in [3.05, 3.63) is 0 Å². The lowest BCUT2D eigenvalue weighted by atomic mass is 9.79. The zero-order chi connectivity index (χ0) is 14.3. The van der Waals surface area contributed by atoms with Crippen LogP contribution in [-0.4, -0.2) is 55.9 Å². The lowest BCUT2D eigenvalue weighted by molar-refractivity contribution is -0.126. The maximum absolute atomic E-state index is 12.1. The van der Waals surface area contributed by atoms with Gasteiger partial charge in [0.25, 0.3) is 0 Å². The molecule has 0 saturated heterocycles. The van der Waals surface area contributed by atoms with E-state index in [-0.39, 0.29) is 0 Å². The van der Waals surface area contributed by atoms with Crippen molar-refractivity contribution < 1.29 is 4.79 Å². The Hall–Kier alpha value is -0.410. The Labute approximate surface area is 119 Å². The van der Waals surface area contributed by atoms with Gasteiger partial charge >= 0.3 is 0 Å². The number of hydrogen-bond acceptors (Lipinski definition) is 3. The highest BCUT2D eigenvalue weighted by Crippen LogP contribution is 2.29. The molecule has 2 unspecified atom stereocenters. The van der Waals surface area contributed by atoms with Gasteiger partial charge < -0.3 is 9.80 Å². The maximum Gasteiger partial charge on any atom is 0.137 e. The molecule has 112 valence electrons. The molecule has 19 heavy (non-hydrogen) atoms. The molecule has 0 amide bonds. The van der Waals surface area contributed by atoms with Crippen molar-refractivity contribution in [2.75, 3.05) is 40.3 Å². The van der Waals surface area contributed by atoms with Crippen molar-refractivity contribution in [3.8, 4) is 0 Å². The van der Waals surface area contributed by atoms with Crippen LogP contribution in [0.2, 0.25) is 0 Å². The molecule has 3 heteroatoms. The van der Waals surface area contributed by atoms with Crippen LogP contribution in [0.3, 0.4) is 0 Å². The second-order valence-electron chi connectivity index (χ2n) is 6.26. The summed E-state index contributed by atoms with van der Waals surface area (Å²) in [5.41, 5.74) is 0. The van der Waals surface area contributed by atoms with E-state index in [2.05, 4.69) is 37.7 Å². The van der Waals surface area contributed by atoms with Crippen molar-refractivity contribution >= 4 is 5.78 Å². The van der Waals surface area contributed by atoms with Gasteiger partial charge in [0.2, 0.25) is 0 Å². The Kier molecular flexibility index (Phi) is 7.62. The normalized spacial score (nSPS) is 24.4. The molecule has 0 aliphatic heterocycles. The van der Waals surface area contributed by atoms with Crippen molar-refractivity contribution in [2.24, 2.45) is 11.8 Å². The average molecular weight is 268 g/mol. The summed E-state index contributed by atoms with van der Waals surface area (Å²) in [6, 6.07) is 0. The summed E-state index contributed by atoms with van der Waals surface area (Å²) in [4.78, 5) is 16.7. The van der Waals surface area contributed by atoms with Crippen LogP contribution in [0.25, 0.3) is 0 Å². The number of carbonyl (C=O) groups is 1. The zero-order valence-electron chi connectivity index (χ0n) is 13.3. The average Bonchev–Trinajstić information content (AvgIpc) is 2.39. The van der Waals surface area contributed by atoms with Gasteiger partial charge in [0.15, 0.2) is 0 Å². The number of ketones is 1. The Balaban J connectivity index is 2.38. The van der Waals surface area contributed by atoms with E-state index in [0.29, 0.717) is 11.7 Å². The molecular formula is C16H32N2O. The summed E-state index contributed by atoms with van der Waals surface area (Å²) in [5.74, 6) is 1.59. The van der Waals surface area contributed by atoms with Crippen LogP contribution >= 0.6 is 0 Å². The van der Waals surface area contributed by atoms with Crippen molar-refractivity contribution in [1.82, 2.24) is 9.80 Å². The molecule has 3 nitrogen and oxygen atoms in total. The van der Waals surface area contributed by atoms with Crippen LogP contribution in [0.5, 0.6) is 0 Å². The van der Waals surface area contributed by atoms with Gasteiger partial charge in [-0.1, -0.05) is 20.3 Å². The first-order valence-electron chi connectivity index (χ1n) is 7.96. The number of hydrogen-bond donors (Lipinski definition) is 0. The predicted molar refractivity (Wildman–Crippen MR) is 81.4 cm³/mol. The zero-order valence-corrected chi connectivity index (χ0v) is 13.3. The van der Waals surface area contributed by atoms with Crippen LogP contribution < -0.4 is 0 Å². The first kappa shape index (κ1) is 16.6. The second-order valence-corrected chi connectivity index (χ2v) is 6.26. The smallest absolute Gasteiger partial charge is 0.137 e. The van der Waals surface area contributed by atoms with Crippen molar-refractivity contribution in [1.29, 1.82) is 0 Å². The topological polar surface area (TPSA) is 23.6 Å². The maximum atomic E-state index is 12.1. The fourth-order valence-corrected chi connectivity index (χ4v) is 3.05. The SMILES string of the molecule is CCC1CCC(=O)C(CN(CC)CCCN(C)C)C1. The van der Waals surface area contributed by atoms with Crippen molar-refractivity contribution in [2.45, 2.75) is 46.0 Å². The largest absolute Gasteiger partial charge is 0.309 e. The van der Waals surface area contributed by atoms with Gasteiger partial charge in [-0.3, -0.25) is 4.79 Å². The second kappa shape index (κ2) is 8.70. The Morgan fingerprint density at radius 2 is 1.95 bits per heavy atom. The van der Waals surface area contributed by atoms with Gasteiger partial charge in [-0.25, -0.2) is 0 Å². The van der Waals surface area contributed by atoms with Crippen molar-refractivity contribution in [3.63, 3.8) is 0 Å². The summed E-state index contributed by atoms with van der Waals surface area (Å²) in [6.07, 6.45) is 5.49. The van der Waals surface area contributed by atoms with Gasteiger partial charge in [0, 0.05) is 18.9 Å². The van der Waals surface area contributed by atoms with Crippen LogP contribution in [-0.2, 0) is 4.79 Å². The summed E-state index contributed by atoms with van der Waals surface area (Å²) >= 11 is 0. The molecule has 1 rings (SSSR count). The van der Waals surface area contributed by atoms with E-state index in [1.54, 1.807) is 0 Å². The third-order valence-corrected chi connectivity index (χ3v) is 4.45. The molecule has 0 heterocycles. The molecule has 0 aromatic heterocycles. The van der Waals surface area contributed by atoms with E-state index in [0.717, 1.165) is 51.4 Å². The number of nitrogens with zero attached hydrogens (tertiary/aromatic N) is 2. The van der Waals surface area contributed by atoms with Crippen LogP contribution in [0.1, 0.15) is 46.0 Å². The molecule has 0 radical (unpaired) electrons. The van der Waals surface area contributed by atoms with E-state index in [9.17, 15) is 4.79 Å². The third-order valence-electron chi connectivity index (χ3n) is 4.45. The number of carbonyl (C=O) groups excluding carboxylic acids is 1. The molecule has 2 atom stereocenters. The third kappa shape index (κ3) is 6.05. The molecule has 1 aliphatic carbocycles. The fourth-order valence-electron chi connectivity index (χ4n) is 3.05. The van der Waals surface area contributed by atoms with Gasteiger partial charge in [-0.05, 0) is 58.9 Å². The van der Waals surface area contributed by atoms with Crippen LogP contribution in [0.4, 0.5) is 0 Å². The minimum Gasteiger partial charge on any atom is -0.309 e. The van der Waals surface area contributed by atoms with E-state index < -0.39 is 0 Å². The Bertz CT molecular complexity index is 265. The molecule has 0 spiro atoms. The monoisotopic (exact) mass is 268 g/mol. The minimum atomic E-state index is 0.304. The highest BCUT2D eigenvalue weighted by molar-refractivity contribution is 5.81. The molecule has 0 bridgehead atoms. The van der Waals surface area contributed by atoms with E-state index >= 15 is 0 Å². The molecule has 0 aromatic carbocycles. The van der Waals surface area contributed by atoms with Gasteiger partial charge in [-0.2, -0.15) is 0 Å². The molecule has 1 aliphatic rings.